The SMILES string of the molecule is CN(C)c1nc(N)nc(/C(C#N)=C/c2ccc(F)c(F)c2)n1. The number of halogens is 2. The van der Waals surface area contributed by atoms with Crippen molar-refractivity contribution in [2.75, 3.05) is 24.7 Å². The fourth-order valence-electron chi connectivity index (χ4n) is 1.62. The molecular formula is C14H12F2N6. The highest BCUT2D eigenvalue weighted by atomic mass is 19.2. The number of allylic oxidation sites excluding steroid dienone is 1. The molecule has 0 unspecified atom stereocenters. The van der Waals surface area contributed by atoms with E-state index in [2.05, 4.69) is 15.0 Å². The zero-order chi connectivity index (χ0) is 16.3. The molecule has 1 aromatic carbocycles. The van der Waals surface area contributed by atoms with Crippen LogP contribution in [0.1, 0.15) is 11.4 Å². The van der Waals surface area contributed by atoms with Crippen LogP contribution in [0.15, 0.2) is 18.2 Å². The Hall–Kier alpha value is -3.08. The zero-order valence-corrected chi connectivity index (χ0v) is 11.9. The topological polar surface area (TPSA) is 91.7 Å². The van der Waals surface area contributed by atoms with Gasteiger partial charge in [0.05, 0.1) is 5.57 Å². The first-order valence-corrected chi connectivity index (χ1v) is 6.17. The number of nitrogens with two attached hydrogens (primary N) is 1. The van der Waals surface area contributed by atoms with E-state index in [0.29, 0.717) is 5.56 Å². The highest BCUT2D eigenvalue weighted by Gasteiger charge is 2.11. The number of nitriles is 1. The molecule has 8 heteroatoms. The predicted molar refractivity (Wildman–Crippen MR) is 78.4 cm³/mol. The van der Waals surface area contributed by atoms with E-state index in [9.17, 15) is 14.0 Å². The summed E-state index contributed by atoms with van der Waals surface area (Å²) in [5, 5.41) is 9.24. The minimum absolute atomic E-state index is 0.0415. The van der Waals surface area contributed by atoms with Gasteiger partial charge in [-0.3, -0.25) is 0 Å². The Labute approximate surface area is 125 Å². The van der Waals surface area contributed by atoms with Crippen molar-refractivity contribution in [3.05, 3.63) is 41.2 Å². The van der Waals surface area contributed by atoms with E-state index >= 15 is 0 Å². The van der Waals surface area contributed by atoms with Gasteiger partial charge in [-0.2, -0.15) is 20.2 Å². The molecule has 0 radical (unpaired) electrons. The Kier molecular flexibility index (Phi) is 4.27. The summed E-state index contributed by atoms with van der Waals surface area (Å²) in [6.07, 6.45) is 1.34. The number of benzene rings is 1. The van der Waals surface area contributed by atoms with Gasteiger partial charge >= 0.3 is 0 Å². The number of anilines is 2. The van der Waals surface area contributed by atoms with Gasteiger partial charge in [0.2, 0.25) is 11.9 Å². The molecule has 0 spiro atoms. The third-order valence-electron chi connectivity index (χ3n) is 2.66. The number of nitrogen functional groups attached to an aromatic ring is 1. The van der Waals surface area contributed by atoms with Crippen LogP contribution in [-0.4, -0.2) is 29.0 Å². The highest BCUT2D eigenvalue weighted by molar-refractivity contribution is 5.87. The summed E-state index contributed by atoms with van der Waals surface area (Å²) in [4.78, 5) is 13.5. The number of aromatic nitrogens is 3. The summed E-state index contributed by atoms with van der Waals surface area (Å²) >= 11 is 0. The molecule has 112 valence electrons. The summed E-state index contributed by atoms with van der Waals surface area (Å²) < 4.78 is 26.1. The average Bonchev–Trinajstić information content (AvgIpc) is 2.47. The quantitative estimate of drug-likeness (QED) is 0.870. The molecule has 6 nitrogen and oxygen atoms in total. The van der Waals surface area contributed by atoms with Gasteiger partial charge < -0.3 is 10.6 Å². The molecule has 0 saturated carbocycles. The number of hydrogen-bond donors (Lipinski definition) is 1. The van der Waals surface area contributed by atoms with Crippen LogP contribution >= 0.6 is 0 Å². The molecule has 0 aliphatic heterocycles. The molecule has 0 saturated heterocycles. The van der Waals surface area contributed by atoms with E-state index in [0.717, 1.165) is 12.1 Å². The van der Waals surface area contributed by atoms with Gasteiger partial charge in [-0.25, -0.2) is 8.78 Å². The Morgan fingerprint density at radius 3 is 2.55 bits per heavy atom. The molecule has 0 bridgehead atoms. The van der Waals surface area contributed by atoms with E-state index < -0.39 is 11.6 Å². The van der Waals surface area contributed by atoms with Crippen LogP contribution in [-0.2, 0) is 0 Å². The lowest BCUT2D eigenvalue weighted by Crippen LogP contribution is -2.15. The molecular weight excluding hydrogens is 290 g/mol. The van der Waals surface area contributed by atoms with E-state index in [1.54, 1.807) is 19.0 Å². The Morgan fingerprint density at radius 2 is 1.95 bits per heavy atom. The molecule has 0 amide bonds. The standard InChI is InChI=1S/C14H12F2N6/c1-22(2)14-20-12(19-13(18)21-14)9(7-17)5-8-3-4-10(15)11(16)6-8/h3-6H,1-2H3,(H2,18,19,20,21)/b9-5+. The lowest BCUT2D eigenvalue weighted by molar-refractivity contribution is 0.508. The zero-order valence-electron chi connectivity index (χ0n) is 11.9. The Bertz CT molecular complexity index is 779. The molecule has 0 aliphatic carbocycles. The summed E-state index contributed by atoms with van der Waals surface area (Å²) in [6, 6.07) is 5.20. The van der Waals surface area contributed by atoms with Crippen molar-refractivity contribution in [2.45, 2.75) is 0 Å². The number of nitrogens with zero attached hydrogens (tertiary/aromatic N) is 5. The lowest BCUT2D eigenvalue weighted by atomic mass is 10.1. The molecule has 0 aliphatic rings. The summed E-state index contributed by atoms with van der Waals surface area (Å²) in [7, 11) is 3.42. The maximum Gasteiger partial charge on any atom is 0.230 e. The molecule has 0 fully saturated rings. The second-order valence-electron chi connectivity index (χ2n) is 4.56. The summed E-state index contributed by atoms with van der Waals surface area (Å²) in [5.74, 6) is -1.66. The van der Waals surface area contributed by atoms with Crippen molar-refractivity contribution >= 4 is 23.5 Å². The molecule has 1 heterocycles. The molecule has 2 aromatic rings. The van der Waals surface area contributed by atoms with Gasteiger partial charge in [-0.05, 0) is 23.8 Å². The lowest BCUT2D eigenvalue weighted by Gasteiger charge is -2.11. The first-order chi connectivity index (χ1) is 10.4. The van der Waals surface area contributed by atoms with Crippen molar-refractivity contribution in [3.63, 3.8) is 0 Å². The Morgan fingerprint density at radius 1 is 1.23 bits per heavy atom. The van der Waals surface area contributed by atoms with Gasteiger partial charge in [-0.1, -0.05) is 6.07 Å². The van der Waals surface area contributed by atoms with Gasteiger partial charge in [-0.15, -0.1) is 0 Å². The average molecular weight is 302 g/mol. The van der Waals surface area contributed by atoms with Gasteiger partial charge in [0, 0.05) is 14.1 Å². The van der Waals surface area contributed by atoms with E-state index in [1.165, 1.54) is 12.1 Å². The van der Waals surface area contributed by atoms with E-state index in [1.807, 2.05) is 6.07 Å². The van der Waals surface area contributed by atoms with Crippen LogP contribution in [0.5, 0.6) is 0 Å². The van der Waals surface area contributed by atoms with Crippen molar-refractivity contribution < 1.29 is 8.78 Å². The third-order valence-corrected chi connectivity index (χ3v) is 2.66. The number of hydrogen-bond acceptors (Lipinski definition) is 6. The van der Waals surface area contributed by atoms with Crippen LogP contribution in [0, 0.1) is 23.0 Å². The minimum atomic E-state index is -1.00. The maximum absolute atomic E-state index is 13.2. The van der Waals surface area contributed by atoms with Gasteiger partial charge in [0.15, 0.2) is 17.5 Å². The monoisotopic (exact) mass is 302 g/mol. The second-order valence-corrected chi connectivity index (χ2v) is 4.56. The highest BCUT2D eigenvalue weighted by Crippen LogP contribution is 2.18. The smallest absolute Gasteiger partial charge is 0.230 e. The number of rotatable bonds is 3. The molecule has 0 atom stereocenters. The largest absolute Gasteiger partial charge is 0.368 e. The molecule has 22 heavy (non-hydrogen) atoms. The van der Waals surface area contributed by atoms with Crippen LogP contribution in [0.3, 0.4) is 0 Å². The fraction of sp³-hybridized carbons (Fsp3) is 0.143. The maximum atomic E-state index is 13.2. The first-order valence-electron chi connectivity index (χ1n) is 6.17. The van der Waals surface area contributed by atoms with Crippen molar-refractivity contribution in [3.8, 4) is 6.07 Å². The fourth-order valence-corrected chi connectivity index (χ4v) is 1.62. The molecule has 2 N–H and O–H groups in total. The van der Waals surface area contributed by atoms with E-state index in [4.69, 9.17) is 5.73 Å². The van der Waals surface area contributed by atoms with Crippen LogP contribution in [0.4, 0.5) is 20.7 Å². The minimum Gasteiger partial charge on any atom is -0.368 e. The predicted octanol–water partition coefficient (Wildman–Crippen LogP) is 1.86. The van der Waals surface area contributed by atoms with Crippen LogP contribution < -0.4 is 10.6 Å². The molecule has 2 rings (SSSR count). The summed E-state index contributed by atoms with van der Waals surface area (Å²) in [5.41, 5.74) is 5.96. The third kappa shape index (κ3) is 3.32. The van der Waals surface area contributed by atoms with E-state index in [-0.39, 0.29) is 23.3 Å². The van der Waals surface area contributed by atoms with Crippen molar-refractivity contribution in [1.29, 1.82) is 5.26 Å². The van der Waals surface area contributed by atoms with Gasteiger partial charge in [0.1, 0.15) is 6.07 Å². The van der Waals surface area contributed by atoms with Crippen molar-refractivity contribution in [1.82, 2.24) is 15.0 Å². The molecule has 1 aromatic heterocycles. The second kappa shape index (κ2) is 6.13. The van der Waals surface area contributed by atoms with Crippen LogP contribution in [0.2, 0.25) is 0 Å². The first kappa shape index (κ1) is 15.3. The van der Waals surface area contributed by atoms with Crippen LogP contribution in [0.25, 0.3) is 11.6 Å². The summed E-state index contributed by atoms with van der Waals surface area (Å²) in [6.45, 7) is 0. The van der Waals surface area contributed by atoms with Gasteiger partial charge in [0.25, 0.3) is 0 Å². The normalized spacial score (nSPS) is 11.1. The van der Waals surface area contributed by atoms with Crippen molar-refractivity contribution in [2.24, 2.45) is 0 Å². The Balaban J connectivity index is 2.50.